The van der Waals surface area contributed by atoms with Crippen LogP contribution in [0.25, 0.3) is 0 Å². The minimum atomic E-state index is 0.410. The van der Waals surface area contributed by atoms with Gasteiger partial charge in [-0.05, 0) is 11.5 Å². The van der Waals surface area contributed by atoms with Crippen LogP contribution in [0.1, 0.15) is 4.88 Å². The molecule has 0 fully saturated rings. The zero-order valence-corrected chi connectivity index (χ0v) is 6.00. The molecule has 0 aromatic carbocycles. The predicted octanol–water partition coefficient (Wildman–Crippen LogP) is 0.254. The number of hydrogen-bond donors (Lipinski definition) is 0. The lowest BCUT2D eigenvalue weighted by atomic mass is 10.4. The molecule has 0 unspecified atom stereocenters. The lowest BCUT2D eigenvalue weighted by molar-refractivity contribution is -0.128. The number of rotatable bonds is 4. The van der Waals surface area contributed by atoms with E-state index in [0.29, 0.717) is 19.5 Å². The van der Waals surface area contributed by atoms with Crippen LogP contribution in [0.5, 0.6) is 0 Å². The zero-order valence-electron chi connectivity index (χ0n) is 5.19. The van der Waals surface area contributed by atoms with Gasteiger partial charge in [-0.2, -0.15) is 0 Å². The maximum Gasteiger partial charge on any atom is 0.293 e. The van der Waals surface area contributed by atoms with Gasteiger partial charge in [0.25, 0.3) is 6.47 Å². The Labute approximate surface area is 62.0 Å². The summed E-state index contributed by atoms with van der Waals surface area (Å²) in [6.45, 7) is 0.849. The first-order chi connectivity index (χ1) is 4.93. The van der Waals surface area contributed by atoms with Crippen LogP contribution in [0.4, 0.5) is 0 Å². The van der Waals surface area contributed by atoms with E-state index in [1.54, 1.807) is 6.20 Å². The number of carbonyl (C=O) groups excluding carboxylic acids is 1. The van der Waals surface area contributed by atoms with E-state index in [1.165, 1.54) is 11.5 Å². The molecule has 1 aromatic heterocycles. The second-order valence-corrected chi connectivity index (χ2v) is 2.47. The Kier molecular flexibility index (Phi) is 2.82. The first-order valence-electron chi connectivity index (χ1n) is 2.75. The molecule has 10 heavy (non-hydrogen) atoms. The Morgan fingerprint density at radius 3 is 3.30 bits per heavy atom. The molecule has 0 atom stereocenters. The van der Waals surface area contributed by atoms with E-state index in [4.69, 9.17) is 0 Å². The number of hydrogen-bond acceptors (Lipinski definition) is 5. The van der Waals surface area contributed by atoms with Gasteiger partial charge < -0.3 is 4.74 Å². The Morgan fingerprint density at radius 1 is 1.80 bits per heavy atom. The van der Waals surface area contributed by atoms with Crippen LogP contribution in [0.2, 0.25) is 0 Å². The first-order valence-corrected chi connectivity index (χ1v) is 3.52. The third-order valence-corrected chi connectivity index (χ3v) is 1.66. The second-order valence-electron chi connectivity index (χ2n) is 1.60. The van der Waals surface area contributed by atoms with Crippen molar-refractivity contribution in [2.75, 3.05) is 6.61 Å². The molecule has 54 valence electrons. The van der Waals surface area contributed by atoms with Gasteiger partial charge in [0.2, 0.25) is 0 Å². The molecule has 0 spiro atoms. The minimum absolute atomic E-state index is 0.410. The zero-order chi connectivity index (χ0) is 7.23. The summed E-state index contributed by atoms with van der Waals surface area (Å²) in [5, 5.41) is 3.63. The van der Waals surface area contributed by atoms with Gasteiger partial charge in [0.05, 0.1) is 12.8 Å². The van der Waals surface area contributed by atoms with E-state index >= 15 is 0 Å². The number of nitrogens with zero attached hydrogens (tertiary/aromatic N) is 2. The average Bonchev–Trinajstić information content (AvgIpc) is 2.41. The third-order valence-electron chi connectivity index (χ3n) is 0.941. The fraction of sp³-hybridized carbons (Fsp3) is 0.400. The topological polar surface area (TPSA) is 52.1 Å². The van der Waals surface area contributed by atoms with Gasteiger partial charge in [0.1, 0.15) is 0 Å². The van der Waals surface area contributed by atoms with Crippen LogP contribution < -0.4 is 0 Å². The quantitative estimate of drug-likeness (QED) is 0.465. The van der Waals surface area contributed by atoms with Crippen molar-refractivity contribution in [1.29, 1.82) is 0 Å². The highest BCUT2D eigenvalue weighted by Gasteiger charge is 1.94. The van der Waals surface area contributed by atoms with Crippen molar-refractivity contribution in [1.82, 2.24) is 9.59 Å². The van der Waals surface area contributed by atoms with Crippen molar-refractivity contribution in [2.45, 2.75) is 6.42 Å². The molecule has 0 saturated carbocycles. The summed E-state index contributed by atoms with van der Waals surface area (Å²) < 4.78 is 8.13. The Bertz CT molecular complexity index is 188. The smallest absolute Gasteiger partial charge is 0.293 e. The van der Waals surface area contributed by atoms with E-state index in [9.17, 15) is 4.79 Å². The Balaban J connectivity index is 2.21. The molecule has 4 nitrogen and oxygen atoms in total. The largest absolute Gasteiger partial charge is 0.468 e. The van der Waals surface area contributed by atoms with E-state index in [1.807, 2.05) is 0 Å². The van der Waals surface area contributed by atoms with Gasteiger partial charge in [0, 0.05) is 11.3 Å². The summed E-state index contributed by atoms with van der Waals surface area (Å²) in [6.07, 6.45) is 2.37. The first kappa shape index (κ1) is 7.14. The molecule has 0 aliphatic heterocycles. The summed E-state index contributed by atoms with van der Waals surface area (Å²) in [4.78, 5) is 10.7. The van der Waals surface area contributed by atoms with Crippen LogP contribution in [0, 0.1) is 0 Å². The van der Waals surface area contributed by atoms with Crippen LogP contribution >= 0.6 is 11.5 Å². The van der Waals surface area contributed by atoms with Gasteiger partial charge in [-0.15, -0.1) is 5.10 Å². The lowest BCUT2D eigenvalue weighted by Gasteiger charge is -1.91. The molecule has 0 aliphatic carbocycles. The van der Waals surface area contributed by atoms with Crippen LogP contribution in [-0.4, -0.2) is 22.7 Å². The maximum absolute atomic E-state index is 9.68. The van der Waals surface area contributed by atoms with Crippen LogP contribution in [-0.2, 0) is 16.0 Å². The average molecular weight is 158 g/mol. The molecular formula is C5H6N2O2S. The molecule has 0 aliphatic rings. The summed E-state index contributed by atoms with van der Waals surface area (Å²) in [5.74, 6) is 0. The molecule has 0 bridgehead atoms. The van der Waals surface area contributed by atoms with Gasteiger partial charge in [-0.1, -0.05) is 4.49 Å². The summed E-state index contributed by atoms with van der Waals surface area (Å²) in [5.41, 5.74) is 0. The van der Waals surface area contributed by atoms with Crippen molar-refractivity contribution in [2.24, 2.45) is 0 Å². The minimum Gasteiger partial charge on any atom is -0.468 e. The van der Waals surface area contributed by atoms with Crippen molar-refractivity contribution >= 4 is 18.0 Å². The highest BCUT2D eigenvalue weighted by atomic mass is 32.1. The van der Waals surface area contributed by atoms with Gasteiger partial charge in [-0.25, -0.2) is 0 Å². The highest BCUT2D eigenvalue weighted by Crippen LogP contribution is 2.01. The fourth-order valence-electron chi connectivity index (χ4n) is 0.505. The second kappa shape index (κ2) is 3.94. The van der Waals surface area contributed by atoms with Gasteiger partial charge >= 0.3 is 0 Å². The molecule has 0 radical (unpaired) electrons. The van der Waals surface area contributed by atoms with Crippen molar-refractivity contribution in [3.8, 4) is 0 Å². The van der Waals surface area contributed by atoms with E-state index in [0.717, 1.165) is 4.88 Å². The highest BCUT2D eigenvalue weighted by molar-refractivity contribution is 7.05. The Morgan fingerprint density at radius 2 is 2.70 bits per heavy atom. The SMILES string of the molecule is O=COCCc1cnns1. The maximum atomic E-state index is 9.68. The molecule has 1 heterocycles. The molecule has 1 aromatic rings. The monoisotopic (exact) mass is 158 g/mol. The standard InChI is InChI=1S/C5H6N2O2S/c8-4-9-2-1-5-3-6-7-10-5/h3-4H,1-2H2. The van der Waals surface area contributed by atoms with Gasteiger partial charge in [-0.3, -0.25) is 4.79 Å². The van der Waals surface area contributed by atoms with Crippen LogP contribution in [0.15, 0.2) is 6.20 Å². The van der Waals surface area contributed by atoms with Crippen molar-refractivity contribution < 1.29 is 9.53 Å². The Hall–Kier alpha value is -0.970. The molecule has 0 N–H and O–H groups in total. The third kappa shape index (κ3) is 2.10. The normalized spacial score (nSPS) is 9.20. The number of ether oxygens (including phenoxy) is 1. The summed E-state index contributed by atoms with van der Waals surface area (Å²) in [7, 11) is 0. The number of aromatic nitrogens is 2. The van der Waals surface area contributed by atoms with E-state index in [-0.39, 0.29) is 0 Å². The predicted molar refractivity (Wildman–Crippen MR) is 35.6 cm³/mol. The van der Waals surface area contributed by atoms with Crippen molar-refractivity contribution in [3.63, 3.8) is 0 Å². The molecule has 0 amide bonds. The summed E-state index contributed by atoms with van der Waals surface area (Å²) in [6, 6.07) is 0. The number of carbonyl (C=O) groups is 1. The molecule has 1 rings (SSSR count). The van der Waals surface area contributed by atoms with Gasteiger partial charge in [0.15, 0.2) is 0 Å². The van der Waals surface area contributed by atoms with E-state index < -0.39 is 0 Å². The van der Waals surface area contributed by atoms with E-state index in [2.05, 4.69) is 14.3 Å². The molecule has 5 heteroatoms. The lowest BCUT2D eigenvalue weighted by Crippen LogP contribution is -1.93. The molecular weight excluding hydrogens is 152 g/mol. The summed E-state index contributed by atoms with van der Waals surface area (Å²) >= 11 is 1.32. The fourth-order valence-corrected chi connectivity index (χ4v) is 0.973. The van der Waals surface area contributed by atoms with Crippen molar-refractivity contribution in [3.05, 3.63) is 11.1 Å². The molecule has 0 saturated heterocycles. The van der Waals surface area contributed by atoms with Crippen LogP contribution in [0.3, 0.4) is 0 Å².